The number of nitrogens with two attached hydrogens (primary N) is 1. The van der Waals surface area contributed by atoms with Crippen molar-refractivity contribution in [1.82, 2.24) is 4.98 Å². The molecule has 0 aliphatic heterocycles. The Hall–Kier alpha value is -1.49. The Balaban J connectivity index is 2.88. The summed E-state index contributed by atoms with van der Waals surface area (Å²) in [5, 5.41) is 8.75. The third-order valence-corrected chi connectivity index (χ3v) is 1.89. The van der Waals surface area contributed by atoms with Gasteiger partial charge in [0.1, 0.15) is 5.82 Å². The number of methoxy groups -OCH3 is 1. The summed E-state index contributed by atoms with van der Waals surface area (Å²) in [5.74, 6) is 1.14. The van der Waals surface area contributed by atoms with Crippen molar-refractivity contribution in [3.05, 3.63) is 12.1 Å². The molecular weight excluding hydrogens is 182 g/mol. The molecule has 78 valence electrons. The molecule has 0 radical (unpaired) electrons. The van der Waals surface area contributed by atoms with Gasteiger partial charge < -0.3 is 20.5 Å². The topological polar surface area (TPSA) is 71.6 Å². The number of aliphatic hydroxyl groups excluding tert-OH is 1. The summed E-state index contributed by atoms with van der Waals surface area (Å²) in [6, 6.07) is 3.52. The van der Waals surface area contributed by atoms with Crippen LogP contribution < -0.4 is 15.4 Å². The summed E-state index contributed by atoms with van der Waals surface area (Å²) in [7, 11) is 3.36. The van der Waals surface area contributed by atoms with Crippen molar-refractivity contribution in [1.29, 1.82) is 0 Å². The van der Waals surface area contributed by atoms with Crippen LogP contribution in [0.15, 0.2) is 12.1 Å². The first kappa shape index (κ1) is 10.6. The highest BCUT2D eigenvalue weighted by Crippen LogP contribution is 2.21. The lowest BCUT2D eigenvalue weighted by molar-refractivity contribution is 0.303. The SMILES string of the molecule is COc1nc(N(C)CCO)ccc1N. The molecular formula is C9H15N3O2. The van der Waals surface area contributed by atoms with E-state index < -0.39 is 0 Å². The van der Waals surface area contributed by atoms with Gasteiger partial charge in [0.25, 0.3) is 0 Å². The molecule has 0 spiro atoms. The minimum Gasteiger partial charge on any atom is -0.479 e. The monoisotopic (exact) mass is 197 g/mol. The molecule has 0 saturated carbocycles. The van der Waals surface area contributed by atoms with Gasteiger partial charge >= 0.3 is 0 Å². The predicted molar refractivity (Wildman–Crippen MR) is 55.6 cm³/mol. The van der Waals surface area contributed by atoms with E-state index in [0.29, 0.717) is 18.1 Å². The lowest BCUT2D eigenvalue weighted by atomic mass is 10.4. The Morgan fingerprint density at radius 2 is 2.29 bits per heavy atom. The number of nitrogens with zero attached hydrogens (tertiary/aromatic N) is 2. The van der Waals surface area contributed by atoms with Crippen LogP contribution in [0.2, 0.25) is 0 Å². The smallest absolute Gasteiger partial charge is 0.238 e. The summed E-state index contributed by atoms with van der Waals surface area (Å²) in [6.45, 7) is 0.616. The fourth-order valence-corrected chi connectivity index (χ4v) is 1.08. The molecule has 0 amide bonds. The van der Waals surface area contributed by atoms with Gasteiger partial charge in [-0.15, -0.1) is 0 Å². The molecule has 0 aromatic carbocycles. The van der Waals surface area contributed by atoms with Crippen LogP contribution in [-0.4, -0.2) is 37.4 Å². The predicted octanol–water partition coefficient (Wildman–Crippen LogP) is 0.101. The van der Waals surface area contributed by atoms with E-state index in [0.717, 1.165) is 5.82 Å². The number of rotatable bonds is 4. The molecule has 3 N–H and O–H groups in total. The van der Waals surface area contributed by atoms with Crippen molar-refractivity contribution < 1.29 is 9.84 Å². The first-order valence-corrected chi connectivity index (χ1v) is 4.31. The summed E-state index contributed by atoms with van der Waals surface area (Å²) in [5.41, 5.74) is 6.13. The molecule has 0 atom stereocenters. The zero-order valence-electron chi connectivity index (χ0n) is 8.40. The number of nitrogen functional groups attached to an aromatic ring is 1. The average Bonchev–Trinajstić information content (AvgIpc) is 2.19. The zero-order chi connectivity index (χ0) is 10.6. The van der Waals surface area contributed by atoms with Gasteiger partial charge in [-0.3, -0.25) is 0 Å². The van der Waals surface area contributed by atoms with Gasteiger partial charge in [-0.25, -0.2) is 0 Å². The molecule has 1 rings (SSSR count). The normalized spacial score (nSPS) is 9.93. The number of aromatic nitrogens is 1. The minimum absolute atomic E-state index is 0.0882. The van der Waals surface area contributed by atoms with Gasteiger partial charge in [0, 0.05) is 13.6 Å². The summed E-state index contributed by atoms with van der Waals surface area (Å²) < 4.78 is 4.99. The zero-order valence-corrected chi connectivity index (χ0v) is 8.40. The second-order valence-corrected chi connectivity index (χ2v) is 2.91. The Morgan fingerprint density at radius 3 is 2.86 bits per heavy atom. The van der Waals surface area contributed by atoms with Gasteiger partial charge in [-0.1, -0.05) is 0 Å². The van der Waals surface area contributed by atoms with Crippen LogP contribution in [-0.2, 0) is 0 Å². The van der Waals surface area contributed by atoms with Crippen molar-refractivity contribution in [2.45, 2.75) is 0 Å². The lowest BCUT2D eigenvalue weighted by Crippen LogP contribution is -2.22. The maximum atomic E-state index is 8.75. The molecule has 0 fully saturated rings. The summed E-state index contributed by atoms with van der Waals surface area (Å²) >= 11 is 0. The van der Waals surface area contributed by atoms with Crippen LogP contribution in [0.3, 0.4) is 0 Å². The number of hydrogen-bond acceptors (Lipinski definition) is 5. The maximum absolute atomic E-state index is 8.75. The molecule has 1 aromatic rings. The molecule has 0 aliphatic rings. The molecule has 1 heterocycles. The van der Waals surface area contributed by atoms with Crippen LogP contribution in [0.1, 0.15) is 0 Å². The van der Waals surface area contributed by atoms with E-state index >= 15 is 0 Å². The van der Waals surface area contributed by atoms with Crippen molar-refractivity contribution in [3.63, 3.8) is 0 Å². The van der Waals surface area contributed by atoms with E-state index in [1.165, 1.54) is 7.11 Å². The van der Waals surface area contributed by atoms with Gasteiger partial charge in [0.2, 0.25) is 5.88 Å². The van der Waals surface area contributed by atoms with Crippen LogP contribution >= 0.6 is 0 Å². The first-order valence-electron chi connectivity index (χ1n) is 4.31. The molecule has 1 aromatic heterocycles. The molecule has 0 unspecified atom stereocenters. The highest BCUT2D eigenvalue weighted by Gasteiger charge is 2.05. The standard InChI is InChI=1S/C9H15N3O2/c1-12(5-6-13)8-4-3-7(10)9(11-8)14-2/h3-4,13H,5-6,10H2,1-2H3. The second-order valence-electron chi connectivity index (χ2n) is 2.91. The maximum Gasteiger partial charge on any atom is 0.238 e. The molecule has 5 nitrogen and oxygen atoms in total. The van der Waals surface area contributed by atoms with Crippen LogP contribution in [0, 0.1) is 0 Å². The first-order chi connectivity index (χ1) is 6.69. The molecule has 5 heteroatoms. The molecule has 14 heavy (non-hydrogen) atoms. The van der Waals surface area contributed by atoms with E-state index in [9.17, 15) is 0 Å². The van der Waals surface area contributed by atoms with E-state index in [1.807, 2.05) is 11.9 Å². The van der Waals surface area contributed by atoms with E-state index in [2.05, 4.69) is 4.98 Å². The van der Waals surface area contributed by atoms with Crippen molar-refractivity contribution in [2.24, 2.45) is 0 Å². The van der Waals surface area contributed by atoms with Gasteiger partial charge in [0.05, 0.1) is 19.4 Å². The van der Waals surface area contributed by atoms with Gasteiger partial charge in [-0.2, -0.15) is 4.98 Å². The van der Waals surface area contributed by atoms with E-state index in [4.69, 9.17) is 15.6 Å². The Labute approximate surface area is 83.1 Å². The van der Waals surface area contributed by atoms with Crippen molar-refractivity contribution in [3.8, 4) is 5.88 Å². The Morgan fingerprint density at radius 1 is 1.57 bits per heavy atom. The van der Waals surface area contributed by atoms with Gasteiger partial charge in [0.15, 0.2) is 0 Å². The van der Waals surface area contributed by atoms with Crippen LogP contribution in [0.4, 0.5) is 11.5 Å². The van der Waals surface area contributed by atoms with Crippen LogP contribution in [0.5, 0.6) is 5.88 Å². The number of likely N-dealkylation sites (N-methyl/N-ethyl adjacent to an activating group) is 1. The quantitative estimate of drug-likeness (QED) is 0.716. The van der Waals surface area contributed by atoms with Gasteiger partial charge in [-0.05, 0) is 12.1 Å². The molecule has 0 saturated heterocycles. The third kappa shape index (κ3) is 2.26. The fraction of sp³-hybridized carbons (Fsp3) is 0.444. The van der Waals surface area contributed by atoms with E-state index in [1.54, 1.807) is 12.1 Å². The summed E-state index contributed by atoms with van der Waals surface area (Å²) in [6.07, 6.45) is 0. The largest absolute Gasteiger partial charge is 0.479 e. The number of pyridine rings is 1. The number of ether oxygens (including phenoxy) is 1. The highest BCUT2D eigenvalue weighted by atomic mass is 16.5. The number of aliphatic hydroxyl groups is 1. The fourth-order valence-electron chi connectivity index (χ4n) is 1.08. The van der Waals surface area contributed by atoms with E-state index in [-0.39, 0.29) is 6.61 Å². The average molecular weight is 197 g/mol. The summed E-state index contributed by atoms with van der Waals surface area (Å²) in [4.78, 5) is 6.00. The second kappa shape index (κ2) is 4.66. The Kier molecular flexibility index (Phi) is 3.53. The number of hydrogen-bond donors (Lipinski definition) is 2. The highest BCUT2D eigenvalue weighted by molar-refractivity contribution is 5.54. The number of anilines is 2. The third-order valence-electron chi connectivity index (χ3n) is 1.89. The Bertz CT molecular complexity index is 304. The molecule has 0 aliphatic carbocycles. The van der Waals surface area contributed by atoms with Crippen LogP contribution in [0.25, 0.3) is 0 Å². The van der Waals surface area contributed by atoms with Crippen molar-refractivity contribution >= 4 is 11.5 Å². The lowest BCUT2D eigenvalue weighted by Gasteiger charge is -2.17. The van der Waals surface area contributed by atoms with Crippen molar-refractivity contribution in [2.75, 3.05) is 37.9 Å². The molecule has 0 bridgehead atoms. The minimum atomic E-state index is 0.0882.